The van der Waals surface area contributed by atoms with Gasteiger partial charge in [-0.2, -0.15) is 8.42 Å². The number of esters is 3. The number of halogens is 1. The lowest BCUT2D eigenvalue weighted by Gasteiger charge is -2.30. The molecular formula is C23H27FO10S. The summed E-state index contributed by atoms with van der Waals surface area (Å²) in [5.41, 5.74) is -0.631. The number of rotatable bonds is 9. The molecule has 6 unspecified atom stereocenters. The molecule has 0 aromatic heterocycles. The van der Waals surface area contributed by atoms with Gasteiger partial charge in [0.1, 0.15) is 30.2 Å². The molecule has 1 saturated heterocycles. The van der Waals surface area contributed by atoms with Crippen LogP contribution in [0.1, 0.15) is 44.0 Å². The molecule has 1 aliphatic heterocycles. The molecule has 6 atom stereocenters. The van der Waals surface area contributed by atoms with Crippen molar-refractivity contribution in [3.63, 3.8) is 0 Å². The van der Waals surface area contributed by atoms with Crippen LogP contribution in [-0.4, -0.2) is 61.0 Å². The van der Waals surface area contributed by atoms with Gasteiger partial charge >= 0.3 is 17.9 Å². The Hall–Kier alpha value is -2.73. The normalized spacial score (nSPS) is 29.1. The van der Waals surface area contributed by atoms with E-state index in [1.807, 2.05) is 6.92 Å². The molecule has 0 spiro atoms. The first kappa shape index (κ1) is 25.4. The molecule has 10 nitrogen and oxygen atoms in total. The fourth-order valence-electron chi connectivity index (χ4n) is 5.08. The molecule has 192 valence electrons. The van der Waals surface area contributed by atoms with Crippen LogP contribution in [0.25, 0.3) is 0 Å². The third-order valence-corrected chi connectivity index (χ3v) is 7.73. The number of benzene rings is 1. The first-order valence-electron chi connectivity index (χ1n) is 11.3. The van der Waals surface area contributed by atoms with E-state index in [1.54, 1.807) is 13.8 Å². The Morgan fingerprint density at radius 1 is 1.26 bits per heavy atom. The fourth-order valence-corrected chi connectivity index (χ4v) is 5.38. The molecule has 1 N–H and O–H groups in total. The average molecular weight is 515 g/mol. The van der Waals surface area contributed by atoms with Crippen LogP contribution in [0.15, 0.2) is 18.2 Å². The summed E-state index contributed by atoms with van der Waals surface area (Å²) in [6.45, 7) is 4.87. The van der Waals surface area contributed by atoms with Gasteiger partial charge in [0.05, 0.1) is 17.4 Å². The van der Waals surface area contributed by atoms with Crippen molar-refractivity contribution in [3.8, 4) is 5.75 Å². The minimum Gasteiger partial charge on any atom is -0.485 e. The van der Waals surface area contributed by atoms with Crippen molar-refractivity contribution >= 4 is 28.0 Å². The molecule has 2 bridgehead atoms. The lowest BCUT2D eigenvalue weighted by Crippen LogP contribution is -2.44. The average Bonchev–Trinajstić information content (AvgIpc) is 3.38. The number of carbonyl (C=O) groups excluding carboxylic acids is 3. The number of hydrogen-bond acceptors (Lipinski definition) is 9. The van der Waals surface area contributed by atoms with E-state index in [0.29, 0.717) is 12.8 Å². The molecule has 3 fully saturated rings. The molecule has 4 rings (SSSR count). The van der Waals surface area contributed by atoms with Gasteiger partial charge in [-0.15, -0.1) is 0 Å². The maximum absolute atomic E-state index is 14.3. The van der Waals surface area contributed by atoms with Crippen LogP contribution in [0.3, 0.4) is 0 Å². The summed E-state index contributed by atoms with van der Waals surface area (Å²) in [4.78, 5) is 38.1. The molecule has 1 heterocycles. The third kappa shape index (κ3) is 4.99. The highest BCUT2D eigenvalue weighted by atomic mass is 32.2. The fraction of sp³-hybridized carbons (Fsp3) is 0.609. The van der Waals surface area contributed by atoms with E-state index in [9.17, 15) is 27.2 Å². The molecule has 1 aromatic carbocycles. The van der Waals surface area contributed by atoms with Crippen molar-refractivity contribution in [3.05, 3.63) is 29.6 Å². The van der Waals surface area contributed by atoms with Crippen molar-refractivity contribution in [2.24, 2.45) is 23.7 Å². The molecule has 2 aliphatic carbocycles. The maximum atomic E-state index is 14.3. The zero-order chi connectivity index (χ0) is 25.7. The summed E-state index contributed by atoms with van der Waals surface area (Å²) in [5.74, 6) is -6.38. The topological polar surface area (TPSA) is 142 Å². The van der Waals surface area contributed by atoms with E-state index in [4.69, 9.17) is 23.5 Å². The summed E-state index contributed by atoms with van der Waals surface area (Å²) in [7, 11) is -4.33. The second-order valence-electron chi connectivity index (χ2n) is 9.70. The van der Waals surface area contributed by atoms with Crippen LogP contribution in [0.5, 0.6) is 5.75 Å². The zero-order valence-electron chi connectivity index (χ0n) is 19.4. The van der Waals surface area contributed by atoms with Gasteiger partial charge in [-0.05, 0) is 44.9 Å². The Morgan fingerprint density at radius 3 is 2.63 bits per heavy atom. The summed E-state index contributed by atoms with van der Waals surface area (Å²) in [5, 5.41) is 0. The lowest BCUT2D eigenvalue weighted by molar-refractivity contribution is -0.155. The van der Waals surface area contributed by atoms with Crippen molar-refractivity contribution in [2.75, 3.05) is 12.4 Å². The first-order chi connectivity index (χ1) is 16.3. The molecule has 3 aliphatic rings. The van der Waals surface area contributed by atoms with Gasteiger partial charge in [-0.1, -0.05) is 6.92 Å². The summed E-state index contributed by atoms with van der Waals surface area (Å²) < 4.78 is 66.6. The van der Waals surface area contributed by atoms with Crippen molar-refractivity contribution in [2.45, 2.75) is 51.4 Å². The highest BCUT2D eigenvalue weighted by Crippen LogP contribution is 2.59. The Balaban J connectivity index is 1.50. The highest BCUT2D eigenvalue weighted by Gasteiger charge is 2.70. The van der Waals surface area contributed by atoms with Crippen LogP contribution in [0, 0.1) is 29.5 Å². The molecule has 0 radical (unpaired) electrons. The smallest absolute Gasteiger partial charge is 0.338 e. The van der Waals surface area contributed by atoms with Gasteiger partial charge in [0.15, 0.2) is 11.6 Å². The summed E-state index contributed by atoms with van der Waals surface area (Å²) in [6.07, 6.45) is -0.642. The quantitative estimate of drug-likeness (QED) is 0.296. The molecule has 2 saturated carbocycles. The predicted molar refractivity (Wildman–Crippen MR) is 116 cm³/mol. The Labute approximate surface area is 201 Å². The van der Waals surface area contributed by atoms with E-state index in [0.717, 1.165) is 6.07 Å². The van der Waals surface area contributed by atoms with E-state index >= 15 is 0 Å². The molecule has 0 amide bonds. The standard InChI is InChI=1S/C23H27FO10S/c1-4-23(2,3)34-15-9-11(5-6-14(15)24)20(25)32-18-12-10-13-17(22(27)33-19(13)18)16(12)21(26)31-7-8-35(28,29)30/h5-6,9,12-13,16-19H,4,7-8,10H2,1-3H3,(H,28,29,30). The molecule has 35 heavy (non-hydrogen) atoms. The first-order valence-corrected chi connectivity index (χ1v) is 12.9. The zero-order valence-corrected chi connectivity index (χ0v) is 20.2. The van der Waals surface area contributed by atoms with Crippen molar-refractivity contribution in [1.82, 2.24) is 0 Å². The van der Waals surface area contributed by atoms with E-state index in [1.165, 1.54) is 12.1 Å². The van der Waals surface area contributed by atoms with Gasteiger partial charge < -0.3 is 18.9 Å². The van der Waals surface area contributed by atoms with Gasteiger partial charge in [0.25, 0.3) is 10.1 Å². The van der Waals surface area contributed by atoms with E-state index in [2.05, 4.69) is 0 Å². The summed E-state index contributed by atoms with van der Waals surface area (Å²) >= 11 is 0. The number of fused-ring (bicyclic) bond motifs is 1. The van der Waals surface area contributed by atoms with Gasteiger partial charge in [0, 0.05) is 11.8 Å². The predicted octanol–water partition coefficient (Wildman–Crippen LogP) is 2.16. The van der Waals surface area contributed by atoms with Gasteiger partial charge in [-0.25, -0.2) is 9.18 Å². The van der Waals surface area contributed by atoms with Crippen LogP contribution >= 0.6 is 0 Å². The molecular weight excluding hydrogens is 487 g/mol. The van der Waals surface area contributed by atoms with Crippen LogP contribution in [0.4, 0.5) is 4.39 Å². The lowest BCUT2D eigenvalue weighted by atomic mass is 9.78. The second kappa shape index (κ2) is 9.05. The minimum absolute atomic E-state index is 0.0317. The van der Waals surface area contributed by atoms with E-state index in [-0.39, 0.29) is 17.2 Å². The van der Waals surface area contributed by atoms with Crippen LogP contribution in [-0.2, 0) is 33.9 Å². The maximum Gasteiger partial charge on any atom is 0.338 e. The second-order valence-corrected chi connectivity index (χ2v) is 11.3. The SMILES string of the molecule is CCC(C)(C)Oc1cc(C(=O)OC2C3CC4C2OC(=O)C4C3C(=O)OCCS(=O)(=O)O)ccc1F. The largest absolute Gasteiger partial charge is 0.485 e. The summed E-state index contributed by atoms with van der Waals surface area (Å²) in [6, 6.07) is 3.59. The minimum atomic E-state index is -4.33. The highest BCUT2D eigenvalue weighted by molar-refractivity contribution is 7.85. The monoisotopic (exact) mass is 514 g/mol. The van der Waals surface area contributed by atoms with Crippen LogP contribution in [0.2, 0.25) is 0 Å². The number of ether oxygens (including phenoxy) is 4. The number of carbonyl (C=O) groups is 3. The molecule has 12 heteroatoms. The van der Waals surface area contributed by atoms with Gasteiger partial charge in [0.2, 0.25) is 0 Å². The Bertz CT molecular complexity index is 1150. The van der Waals surface area contributed by atoms with E-state index < -0.39 is 81.8 Å². The van der Waals surface area contributed by atoms with Crippen LogP contribution < -0.4 is 4.74 Å². The van der Waals surface area contributed by atoms with Crippen molar-refractivity contribution in [1.29, 1.82) is 0 Å². The van der Waals surface area contributed by atoms with Crippen molar-refractivity contribution < 1.29 is 50.7 Å². The Morgan fingerprint density at radius 2 is 1.97 bits per heavy atom. The Kier molecular flexibility index (Phi) is 6.56. The third-order valence-electron chi connectivity index (χ3n) is 7.05. The number of hydrogen-bond donors (Lipinski definition) is 1. The van der Waals surface area contributed by atoms with Gasteiger partial charge in [-0.3, -0.25) is 14.1 Å². The molecule has 1 aromatic rings.